The van der Waals surface area contributed by atoms with E-state index in [4.69, 9.17) is 10.5 Å². The van der Waals surface area contributed by atoms with E-state index in [-0.39, 0.29) is 17.9 Å². The molecule has 2 aliphatic rings. The normalized spacial score (nSPS) is 25.6. The van der Waals surface area contributed by atoms with Crippen LogP contribution in [-0.4, -0.2) is 34.6 Å². The van der Waals surface area contributed by atoms with Crippen molar-refractivity contribution < 1.29 is 9.53 Å². The molecule has 2 aliphatic carbocycles. The molecule has 0 unspecified atom stereocenters. The zero-order valence-corrected chi connectivity index (χ0v) is 17.6. The van der Waals surface area contributed by atoms with Crippen LogP contribution in [0.25, 0.3) is 10.2 Å². The predicted molar refractivity (Wildman–Crippen MR) is 112 cm³/mol. The zero-order chi connectivity index (χ0) is 19.7. The number of rotatable bonds is 7. The number of carbonyl (C=O) groups is 1. The van der Waals surface area contributed by atoms with E-state index >= 15 is 0 Å². The highest BCUT2D eigenvalue weighted by Gasteiger charge is 2.32. The van der Waals surface area contributed by atoms with E-state index in [1.54, 1.807) is 17.7 Å². The Kier molecular flexibility index (Phi) is 5.83. The van der Waals surface area contributed by atoms with E-state index in [2.05, 4.69) is 22.2 Å². The van der Waals surface area contributed by atoms with E-state index in [1.165, 1.54) is 10.4 Å². The summed E-state index contributed by atoms with van der Waals surface area (Å²) in [6.07, 6.45) is 9.13. The van der Waals surface area contributed by atoms with Crippen LogP contribution < -0.4 is 15.8 Å². The third-order valence-corrected chi connectivity index (χ3v) is 7.44. The van der Waals surface area contributed by atoms with Crippen molar-refractivity contribution >= 4 is 27.5 Å². The van der Waals surface area contributed by atoms with Gasteiger partial charge in [-0.15, -0.1) is 11.3 Å². The molecule has 28 heavy (non-hydrogen) atoms. The number of amides is 1. The molecule has 1 fully saturated rings. The molecule has 1 saturated carbocycles. The molecule has 0 aromatic carbocycles. The second-order valence-corrected chi connectivity index (χ2v) is 9.31. The van der Waals surface area contributed by atoms with Crippen molar-refractivity contribution in [3.8, 4) is 5.88 Å². The van der Waals surface area contributed by atoms with Gasteiger partial charge in [-0.3, -0.25) is 4.79 Å². The van der Waals surface area contributed by atoms with E-state index in [0.29, 0.717) is 12.0 Å². The van der Waals surface area contributed by atoms with Gasteiger partial charge in [-0.1, -0.05) is 13.8 Å². The van der Waals surface area contributed by atoms with Gasteiger partial charge in [0.05, 0.1) is 5.39 Å². The SMILES string of the molecule is CCN[C@H]1CC[C@H](Oc2ncnc3sc4c(c23)[C@@H](C[C@@H](C)C(N)=O)CC4)CC1. The third kappa shape index (κ3) is 3.87. The number of aryl methyl sites for hydroxylation is 1. The lowest BCUT2D eigenvalue weighted by atomic mass is 9.90. The maximum absolute atomic E-state index is 11.6. The number of nitrogens with two attached hydrogens (primary N) is 1. The summed E-state index contributed by atoms with van der Waals surface area (Å²) in [4.78, 5) is 23.0. The van der Waals surface area contributed by atoms with Crippen molar-refractivity contribution in [1.29, 1.82) is 0 Å². The number of primary amides is 1. The molecule has 2 heterocycles. The van der Waals surface area contributed by atoms with Crippen LogP contribution in [0.4, 0.5) is 0 Å². The highest BCUT2D eigenvalue weighted by Crippen LogP contribution is 2.48. The summed E-state index contributed by atoms with van der Waals surface area (Å²) in [6, 6.07) is 0.611. The molecule has 152 valence electrons. The summed E-state index contributed by atoms with van der Waals surface area (Å²) < 4.78 is 6.42. The molecule has 0 spiro atoms. The minimum absolute atomic E-state index is 0.124. The van der Waals surface area contributed by atoms with Crippen LogP contribution in [0.15, 0.2) is 6.33 Å². The Hall–Kier alpha value is -1.73. The maximum Gasteiger partial charge on any atom is 0.225 e. The lowest BCUT2D eigenvalue weighted by Crippen LogP contribution is -2.36. The van der Waals surface area contributed by atoms with Gasteiger partial charge in [0.25, 0.3) is 0 Å². The standard InChI is InChI=1S/C21H30N4O2S/c1-3-23-14-5-7-15(8-6-14)27-20-18-17-13(10-12(2)19(22)26)4-9-16(17)28-21(18)25-11-24-20/h11-15,23H,3-10H2,1-2H3,(H2,22,26)/t12-,13-,14-,15-/m1/s1. The number of aromatic nitrogens is 2. The third-order valence-electron chi connectivity index (χ3n) is 6.26. The molecule has 1 amide bonds. The van der Waals surface area contributed by atoms with Crippen molar-refractivity contribution in [3.63, 3.8) is 0 Å². The molecular weight excluding hydrogens is 372 g/mol. The van der Waals surface area contributed by atoms with Gasteiger partial charge in [0.1, 0.15) is 17.3 Å². The second-order valence-electron chi connectivity index (χ2n) is 8.22. The van der Waals surface area contributed by atoms with Crippen LogP contribution in [0, 0.1) is 5.92 Å². The molecule has 3 N–H and O–H groups in total. The smallest absolute Gasteiger partial charge is 0.225 e. The lowest BCUT2D eigenvalue weighted by molar-refractivity contribution is -0.121. The van der Waals surface area contributed by atoms with Crippen molar-refractivity contribution in [2.24, 2.45) is 11.7 Å². The average Bonchev–Trinajstić information content (AvgIpc) is 3.23. The van der Waals surface area contributed by atoms with Crippen molar-refractivity contribution in [2.75, 3.05) is 6.54 Å². The Morgan fingerprint density at radius 2 is 2.11 bits per heavy atom. The summed E-state index contributed by atoms with van der Waals surface area (Å²) in [5.74, 6) is 0.719. The van der Waals surface area contributed by atoms with Gasteiger partial charge in [0.15, 0.2) is 0 Å². The fourth-order valence-electron chi connectivity index (χ4n) is 4.74. The first-order chi connectivity index (χ1) is 13.6. The van der Waals surface area contributed by atoms with Gasteiger partial charge >= 0.3 is 0 Å². The number of thiophene rings is 1. The first-order valence-electron chi connectivity index (χ1n) is 10.5. The van der Waals surface area contributed by atoms with Crippen molar-refractivity contribution in [1.82, 2.24) is 15.3 Å². The monoisotopic (exact) mass is 402 g/mol. The average molecular weight is 403 g/mol. The molecule has 0 saturated heterocycles. The lowest BCUT2D eigenvalue weighted by Gasteiger charge is -2.29. The fourth-order valence-corrected chi connectivity index (χ4v) is 5.97. The number of hydrogen-bond acceptors (Lipinski definition) is 6. The van der Waals surface area contributed by atoms with Gasteiger partial charge in [-0.25, -0.2) is 9.97 Å². The topological polar surface area (TPSA) is 90.1 Å². The van der Waals surface area contributed by atoms with Crippen LogP contribution >= 0.6 is 11.3 Å². The Morgan fingerprint density at radius 1 is 1.32 bits per heavy atom. The summed E-state index contributed by atoms with van der Waals surface area (Å²) >= 11 is 1.75. The summed E-state index contributed by atoms with van der Waals surface area (Å²) in [6.45, 7) is 5.10. The first-order valence-corrected chi connectivity index (χ1v) is 11.3. The molecule has 2 aromatic rings. The highest BCUT2D eigenvalue weighted by molar-refractivity contribution is 7.19. The summed E-state index contributed by atoms with van der Waals surface area (Å²) in [7, 11) is 0. The molecule has 0 aliphatic heterocycles. The Bertz CT molecular complexity index is 844. The van der Waals surface area contributed by atoms with Gasteiger partial charge in [-0.2, -0.15) is 0 Å². The Morgan fingerprint density at radius 3 is 2.82 bits per heavy atom. The number of hydrogen-bond donors (Lipinski definition) is 2. The van der Waals surface area contributed by atoms with Gasteiger partial charge in [-0.05, 0) is 63.0 Å². The van der Waals surface area contributed by atoms with Crippen LogP contribution in [0.3, 0.4) is 0 Å². The van der Waals surface area contributed by atoms with Crippen molar-refractivity contribution in [3.05, 3.63) is 16.8 Å². The van der Waals surface area contributed by atoms with Gasteiger partial charge < -0.3 is 15.8 Å². The molecule has 7 heteroatoms. The minimum Gasteiger partial charge on any atom is -0.474 e. The number of carbonyl (C=O) groups excluding carboxylic acids is 1. The number of fused-ring (bicyclic) bond motifs is 3. The molecule has 4 rings (SSSR count). The molecule has 2 aromatic heterocycles. The predicted octanol–water partition coefficient (Wildman–Crippen LogP) is 3.53. The zero-order valence-electron chi connectivity index (χ0n) is 16.7. The molecule has 0 radical (unpaired) electrons. The minimum atomic E-state index is -0.224. The van der Waals surface area contributed by atoms with Gasteiger partial charge in [0.2, 0.25) is 11.8 Å². The van der Waals surface area contributed by atoms with E-state index in [9.17, 15) is 4.79 Å². The summed E-state index contributed by atoms with van der Waals surface area (Å²) in [5.41, 5.74) is 6.83. The fraction of sp³-hybridized carbons (Fsp3) is 0.667. The maximum atomic E-state index is 11.6. The second kappa shape index (κ2) is 8.33. The largest absolute Gasteiger partial charge is 0.474 e. The Labute approximate surface area is 170 Å². The summed E-state index contributed by atoms with van der Waals surface area (Å²) in [5, 5.41) is 4.62. The number of ether oxygens (including phenoxy) is 1. The van der Waals surface area contributed by atoms with Crippen LogP contribution in [0.1, 0.15) is 68.7 Å². The first kappa shape index (κ1) is 19.6. The molecule has 6 nitrogen and oxygen atoms in total. The quantitative estimate of drug-likeness (QED) is 0.739. The van der Waals surface area contributed by atoms with Crippen LogP contribution in [-0.2, 0) is 11.2 Å². The van der Waals surface area contributed by atoms with Crippen LogP contribution in [0.2, 0.25) is 0 Å². The van der Waals surface area contributed by atoms with Crippen LogP contribution in [0.5, 0.6) is 5.88 Å². The van der Waals surface area contributed by atoms with Gasteiger partial charge in [0, 0.05) is 16.8 Å². The molecule has 2 atom stereocenters. The number of nitrogens with zero attached hydrogens (tertiary/aromatic N) is 2. The van der Waals surface area contributed by atoms with E-state index < -0.39 is 0 Å². The Balaban J connectivity index is 1.56. The van der Waals surface area contributed by atoms with Crippen molar-refractivity contribution in [2.45, 2.75) is 76.9 Å². The van der Waals surface area contributed by atoms with E-state index in [0.717, 1.165) is 67.6 Å². The number of nitrogens with one attached hydrogen (secondary N) is 1. The molecular formula is C21H30N4O2S. The highest BCUT2D eigenvalue weighted by atomic mass is 32.1. The molecule has 0 bridgehead atoms. The van der Waals surface area contributed by atoms with E-state index in [1.807, 2.05) is 6.92 Å².